The van der Waals surface area contributed by atoms with E-state index in [0.717, 1.165) is 9.75 Å². The number of urea groups is 1. The predicted molar refractivity (Wildman–Crippen MR) is 82.4 cm³/mol. The summed E-state index contributed by atoms with van der Waals surface area (Å²) >= 11 is 1.41. The van der Waals surface area contributed by atoms with Crippen LogP contribution in [0.4, 0.5) is 4.79 Å². The zero-order valence-corrected chi connectivity index (χ0v) is 13.8. The zero-order chi connectivity index (χ0) is 16.7. The van der Waals surface area contributed by atoms with Crippen molar-refractivity contribution in [3.63, 3.8) is 0 Å². The van der Waals surface area contributed by atoms with Gasteiger partial charge in [0.2, 0.25) is 0 Å². The molecule has 0 fully saturated rings. The van der Waals surface area contributed by atoms with Gasteiger partial charge in [-0.15, -0.1) is 16.4 Å². The number of hydrogen-bond acceptors (Lipinski definition) is 7. The molecule has 3 heterocycles. The summed E-state index contributed by atoms with van der Waals surface area (Å²) in [7, 11) is 6.36. The SMILES string of the molecule is CN1N=C(c2ccc(-c3nn(C)c(=O)[n+](C)n3)s2)NN(C)C1=O. The van der Waals surface area contributed by atoms with Crippen LogP contribution in [-0.2, 0) is 14.1 Å². The second-order valence-corrected chi connectivity index (χ2v) is 6.03. The molecule has 0 aromatic carbocycles. The first-order valence-corrected chi connectivity index (χ1v) is 7.47. The molecule has 0 spiro atoms. The van der Waals surface area contributed by atoms with Crippen molar-refractivity contribution in [1.29, 1.82) is 0 Å². The second kappa shape index (κ2) is 5.43. The number of aromatic nitrogens is 4. The molecule has 10 nitrogen and oxygen atoms in total. The van der Waals surface area contributed by atoms with Crippen molar-refractivity contribution in [2.75, 3.05) is 14.1 Å². The minimum absolute atomic E-state index is 0.251. The number of carbonyl (C=O) groups is 1. The normalized spacial score (nSPS) is 14.8. The van der Waals surface area contributed by atoms with Crippen LogP contribution in [0.1, 0.15) is 4.88 Å². The van der Waals surface area contributed by atoms with Gasteiger partial charge in [-0.1, -0.05) is 19.6 Å². The van der Waals surface area contributed by atoms with Crippen molar-refractivity contribution in [3.8, 4) is 10.7 Å². The van der Waals surface area contributed by atoms with E-state index in [1.54, 1.807) is 28.2 Å². The molecule has 2 aromatic heterocycles. The number of hydrazine groups is 1. The molecule has 120 valence electrons. The smallest absolute Gasteiger partial charge is 0.275 e. The summed E-state index contributed by atoms with van der Waals surface area (Å²) in [6.45, 7) is 0. The Morgan fingerprint density at radius 1 is 1.17 bits per heavy atom. The molecule has 0 unspecified atom stereocenters. The molecule has 0 atom stereocenters. The van der Waals surface area contributed by atoms with Crippen LogP contribution in [0.15, 0.2) is 22.0 Å². The van der Waals surface area contributed by atoms with E-state index in [1.165, 1.54) is 30.7 Å². The van der Waals surface area contributed by atoms with Crippen LogP contribution in [0.5, 0.6) is 0 Å². The lowest BCUT2D eigenvalue weighted by Crippen LogP contribution is -2.54. The number of nitrogens with one attached hydrogen (secondary N) is 1. The summed E-state index contributed by atoms with van der Waals surface area (Å²) in [6.07, 6.45) is 0. The number of thiophene rings is 1. The monoisotopic (exact) mass is 335 g/mol. The lowest BCUT2D eigenvalue weighted by Gasteiger charge is -2.28. The third-order valence-corrected chi connectivity index (χ3v) is 4.28. The molecule has 0 radical (unpaired) electrons. The second-order valence-electron chi connectivity index (χ2n) is 4.94. The summed E-state index contributed by atoms with van der Waals surface area (Å²) in [5.74, 6) is 1.00. The molecule has 0 saturated carbocycles. The first kappa shape index (κ1) is 15.1. The Labute approximate surface area is 135 Å². The first-order chi connectivity index (χ1) is 10.9. The van der Waals surface area contributed by atoms with E-state index in [2.05, 4.69) is 20.7 Å². The standard InChI is InChI=1S/C12H15N8O2S/c1-17-11(21)18(2)14-9(13-17)7-5-6-8(23-7)10-15-19(3)12(22)20(4)16-10/h5-6H,1-4H3,(H,13,14)/q+1. The van der Waals surface area contributed by atoms with Gasteiger partial charge in [0.1, 0.15) is 14.1 Å². The summed E-state index contributed by atoms with van der Waals surface area (Å²) in [5.41, 5.74) is 2.61. The molecule has 0 bridgehead atoms. The third-order valence-electron chi connectivity index (χ3n) is 3.19. The van der Waals surface area contributed by atoms with Crippen LogP contribution in [0.25, 0.3) is 10.7 Å². The Balaban J connectivity index is 1.97. The maximum atomic E-state index is 11.7. The molecule has 3 rings (SSSR count). The lowest BCUT2D eigenvalue weighted by molar-refractivity contribution is -0.748. The highest BCUT2D eigenvalue weighted by molar-refractivity contribution is 7.17. The summed E-state index contributed by atoms with van der Waals surface area (Å²) in [5, 5.41) is 15.1. The van der Waals surface area contributed by atoms with E-state index in [9.17, 15) is 9.59 Å². The fourth-order valence-corrected chi connectivity index (χ4v) is 2.89. The van der Waals surface area contributed by atoms with Gasteiger partial charge < -0.3 is 0 Å². The van der Waals surface area contributed by atoms with Crippen molar-refractivity contribution in [2.24, 2.45) is 19.2 Å². The quantitative estimate of drug-likeness (QED) is 0.702. The van der Waals surface area contributed by atoms with Crippen molar-refractivity contribution >= 4 is 23.2 Å². The molecule has 23 heavy (non-hydrogen) atoms. The van der Waals surface area contributed by atoms with Crippen LogP contribution in [-0.4, -0.2) is 50.9 Å². The van der Waals surface area contributed by atoms with Gasteiger partial charge in [-0.2, -0.15) is 4.79 Å². The van der Waals surface area contributed by atoms with Crippen LogP contribution in [0.3, 0.4) is 0 Å². The van der Waals surface area contributed by atoms with E-state index in [0.29, 0.717) is 11.7 Å². The number of aryl methyl sites for hydroxylation is 2. The van der Waals surface area contributed by atoms with Crippen LogP contribution in [0, 0.1) is 0 Å². The Kier molecular flexibility index (Phi) is 3.56. The van der Waals surface area contributed by atoms with Crippen LogP contribution < -0.4 is 15.8 Å². The zero-order valence-electron chi connectivity index (χ0n) is 13.0. The van der Waals surface area contributed by atoms with Gasteiger partial charge in [0.25, 0.3) is 5.82 Å². The first-order valence-electron chi connectivity index (χ1n) is 6.65. The molecular weight excluding hydrogens is 320 g/mol. The molecule has 2 amide bonds. The van der Waals surface area contributed by atoms with Gasteiger partial charge in [-0.05, 0) is 12.1 Å². The number of amidine groups is 1. The minimum atomic E-state index is -0.300. The minimum Gasteiger partial charge on any atom is -0.275 e. The highest BCUT2D eigenvalue weighted by Gasteiger charge is 2.24. The molecule has 11 heteroatoms. The van der Waals surface area contributed by atoms with Gasteiger partial charge >= 0.3 is 11.7 Å². The van der Waals surface area contributed by atoms with Gasteiger partial charge in [0.15, 0.2) is 5.84 Å². The number of hydrazone groups is 1. The van der Waals surface area contributed by atoms with Crippen LogP contribution >= 0.6 is 11.3 Å². The molecule has 0 aliphatic carbocycles. The Bertz CT molecular complexity index is 844. The van der Waals surface area contributed by atoms with Crippen molar-refractivity contribution in [3.05, 3.63) is 27.5 Å². The molecule has 1 aliphatic rings. The van der Waals surface area contributed by atoms with Crippen molar-refractivity contribution < 1.29 is 9.48 Å². The fraction of sp³-hybridized carbons (Fsp3) is 0.333. The maximum Gasteiger partial charge on any atom is 0.539 e. The van der Waals surface area contributed by atoms with Crippen molar-refractivity contribution in [2.45, 2.75) is 0 Å². The largest absolute Gasteiger partial charge is 0.539 e. The molecule has 2 aromatic rings. The Morgan fingerprint density at radius 2 is 1.87 bits per heavy atom. The molecular formula is C12H15N8O2S+. The summed E-state index contributed by atoms with van der Waals surface area (Å²) in [4.78, 5) is 24.9. The molecule has 1 N–H and O–H groups in total. The average Bonchev–Trinajstić information content (AvgIpc) is 2.99. The highest BCUT2D eigenvalue weighted by Crippen LogP contribution is 2.25. The number of amides is 2. The average molecular weight is 335 g/mol. The Hall–Kier alpha value is -2.82. The lowest BCUT2D eigenvalue weighted by atomic mass is 10.4. The maximum absolute atomic E-state index is 11.7. The predicted octanol–water partition coefficient (Wildman–Crippen LogP) is -1.11. The number of rotatable bonds is 2. The summed E-state index contributed by atoms with van der Waals surface area (Å²) < 4.78 is 2.47. The van der Waals surface area contributed by atoms with E-state index < -0.39 is 0 Å². The molecule has 0 saturated heterocycles. The number of carbonyl (C=O) groups excluding carboxylic acids is 1. The number of nitrogens with zero attached hydrogens (tertiary/aromatic N) is 7. The highest BCUT2D eigenvalue weighted by atomic mass is 32.1. The van der Waals surface area contributed by atoms with E-state index >= 15 is 0 Å². The van der Waals surface area contributed by atoms with Gasteiger partial charge in [0, 0.05) is 14.1 Å². The Morgan fingerprint density at radius 3 is 2.52 bits per heavy atom. The molecule has 1 aliphatic heterocycles. The van der Waals surface area contributed by atoms with Gasteiger partial charge in [0.05, 0.1) is 9.75 Å². The van der Waals surface area contributed by atoms with Gasteiger partial charge in [-0.25, -0.2) is 14.8 Å². The van der Waals surface area contributed by atoms with E-state index in [4.69, 9.17) is 0 Å². The van der Waals surface area contributed by atoms with Gasteiger partial charge in [-0.3, -0.25) is 5.43 Å². The fourth-order valence-electron chi connectivity index (χ4n) is 2.03. The van der Waals surface area contributed by atoms with Crippen molar-refractivity contribution in [1.82, 2.24) is 30.3 Å². The van der Waals surface area contributed by atoms with E-state index in [-0.39, 0.29) is 11.7 Å². The summed E-state index contributed by atoms with van der Waals surface area (Å²) in [6, 6.07) is 3.46. The van der Waals surface area contributed by atoms with E-state index in [1.807, 2.05) is 12.1 Å². The third kappa shape index (κ3) is 2.65. The number of hydrogen-bond donors (Lipinski definition) is 1. The van der Waals surface area contributed by atoms with Crippen LogP contribution in [0.2, 0.25) is 0 Å². The topological polar surface area (TPSA) is 99.6 Å².